The van der Waals surface area contributed by atoms with Crippen LogP contribution in [0.25, 0.3) is 0 Å². The lowest BCUT2D eigenvalue weighted by molar-refractivity contribution is 0.252. The van der Waals surface area contributed by atoms with Crippen molar-refractivity contribution >= 4 is 39.2 Å². The first-order chi connectivity index (χ1) is 10.0. The van der Waals surface area contributed by atoms with Crippen LogP contribution in [-0.4, -0.2) is 12.6 Å². The third kappa shape index (κ3) is 5.02. The number of benzene rings is 2. The molecule has 0 unspecified atom stereocenters. The molecule has 2 aromatic carbocycles. The third-order valence-electron chi connectivity index (χ3n) is 2.79. The van der Waals surface area contributed by atoms with Crippen LogP contribution in [0.4, 0.5) is 14.9 Å². The van der Waals surface area contributed by atoms with Crippen molar-refractivity contribution < 1.29 is 9.18 Å². The second-order valence-electron chi connectivity index (χ2n) is 4.39. The highest BCUT2D eigenvalue weighted by Crippen LogP contribution is 2.19. The van der Waals surface area contributed by atoms with E-state index in [1.165, 1.54) is 18.2 Å². The quantitative estimate of drug-likeness (QED) is 0.810. The van der Waals surface area contributed by atoms with Crippen molar-refractivity contribution in [2.45, 2.75) is 6.42 Å². The minimum atomic E-state index is -0.516. The topological polar surface area (TPSA) is 41.1 Å². The fourth-order valence-electron chi connectivity index (χ4n) is 1.72. The molecule has 2 amide bonds. The van der Waals surface area contributed by atoms with E-state index >= 15 is 0 Å². The Morgan fingerprint density at radius 2 is 1.90 bits per heavy atom. The summed E-state index contributed by atoms with van der Waals surface area (Å²) >= 11 is 9.01. The minimum absolute atomic E-state index is 0.0253. The van der Waals surface area contributed by atoms with Crippen LogP contribution in [-0.2, 0) is 6.42 Å². The van der Waals surface area contributed by atoms with Gasteiger partial charge in [-0.15, -0.1) is 0 Å². The Bertz CT molecular complexity index is 634. The number of halogens is 3. The highest BCUT2D eigenvalue weighted by Gasteiger charge is 2.04. The van der Waals surface area contributed by atoms with Crippen LogP contribution in [0.5, 0.6) is 0 Å². The van der Waals surface area contributed by atoms with Gasteiger partial charge in [0.25, 0.3) is 0 Å². The van der Waals surface area contributed by atoms with Crippen molar-refractivity contribution in [1.82, 2.24) is 5.32 Å². The predicted octanol–water partition coefficient (Wildman–Crippen LogP) is 4.61. The van der Waals surface area contributed by atoms with Crippen LogP contribution in [0.3, 0.4) is 0 Å². The lowest BCUT2D eigenvalue weighted by Gasteiger charge is -2.08. The van der Waals surface area contributed by atoms with Gasteiger partial charge in [0.05, 0.1) is 5.02 Å². The van der Waals surface area contributed by atoms with Gasteiger partial charge in [-0.1, -0.05) is 39.7 Å². The molecular weight excluding hydrogens is 359 g/mol. The van der Waals surface area contributed by atoms with Crippen LogP contribution in [0, 0.1) is 5.82 Å². The first kappa shape index (κ1) is 15.8. The normalized spacial score (nSPS) is 10.2. The standard InChI is InChI=1S/C15H13BrClFN2O/c16-11-3-1-10(2-4-11)7-8-19-15(21)20-12-5-6-14(18)13(17)9-12/h1-6,9H,7-8H2,(H2,19,20,21). The summed E-state index contributed by atoms with van der Waals surface area (Å²) in [5.74, 6) is -0.516. The van der Waals surface area contributed by atoms with Gasteiger partial charge in [-0.05, 0) is 42.3 Å². The van der Waals surface area contributed by atoms with Crippen LogP contribution in [0.1, 0.15) is 5.56 Å². The van der Waals surface area contributed by atoms with Gasteiger partial charge in [0.15, 0.2) is 0 Å². The summed E-state index contributed by atoms with van der Waals surface area (Å²) in [5, 5.41) is 5.30. The molecule has 6 heteroatoms. The van der Waals surface area contributed by atoms with E-state index in [2.05, 4.69) is 26.6 Å². The molecule has 0 spiro atoms. The molecule has 0 radical (unpaired) electrons. The molecule has 2 rings (SSSR count). The van der Waals surface area contributed by atoms with Crippen molar-refractivity contribution in [1.29, 1.82) is 0 Å². The summed E-state index contributed by atoms with van der Waals surface area (Å²) in [6.07, 6.45) is 0.727. The van der Waals surface area contributed by atoms with E-state index in [4.69, 9.17) is 11.6 Å². The number of anilines is 1. The summed E-state index contributed by atoms with van der Waals surface area (Å²) in [6.45, 7) is 0.502. The first-order valence-corrected chi connectivity index (χ1v) is 7.46. The van der Waals surface area contributed by atoms with E-state index in [-0.39, 0.29) is 11.1 Å². The zero-order chi connectivity index (χ0) is 15.2. The minimum Gasteiger partial charge on any atom is -0.338 e. The summed E-state index contributed by atoms with van der Waals surface area (Å²) in [7, 11) is 0. The van der Waals surface area contributed by atoms with Crippen LogP contribution in [0.15, 0.2) is 46.9 Å². The van der Waals surface area contributed by atoms with E-state index in [1.807, 2.05) is 24.3 Å². The van der Waals surface area contributed by atoms with Gasteiger partial charge >= 0.3 is 6.03 Å². The number of rotatable bonds is 4. The number of carbonyl (C=O) groups is 1. The van der Waals surface area contributed by atoms with Crippen LogP contribution < -0.4 is 10.6 Å². The maximum Gasteiger partial charge on any atom is 0.319 e. The molecule has 0 saturated heterocycles. The number of carbonyl (C=O) groups excluding carboxylic acids is 1. The van der Waals surface area contributed by atoms with Gasteiger partial charge in [0, 0.05) is 16.7 Å². The van der Waals surface area contributed by atoms with Gasteiger partial charge < -0.3 is 10.6 Å². The predicted molar refractivity (Wildman–Crippen MR) is 86.3 cm³/mol. The molecule has 0 fully saturated rings. The summed E-state index contributed by atoms with van der Waals surface area (Å²) < 4.78 is 14.0. The zero-order valence-corrected chi connectivity index (χ0v) is 13.3. The Kier molecular flexibility index (Phi) is 5.59. The second kappa shape index (κ2) is 7.43. The van der Waals surface area contributed by atoms with E-state index in [0.717, 1.165) is 16.5 Å². The van der Waals surface area contributed by atoms with Crippen molar-refractivity contribution in [2.75, 3.05) is 11.9 Å². The molecule has 110 valence electrons. The fraction of sp³-hybridized carbons (Fsp3) is 0.133. The maximum atomic E-state index is 13.0. The van der Waals surface area contributed by atoms with Crippen LogP contribution >= 0.6 is 27.5 Å². The lowest BCUT2D eigenvalue weighted by atomic mass is 10.1. The maximum absolute atomic E-state index is 13.0. The fourth-order valence-corrected chi connectivity index (χ4v) is 2.17. The number of hydrogen-bond donors (Lipinski definition) is 2. The Morgan fingerprint density at radius 1 is 1.19 bits per heavy atom. The molecule has 0 aliphatic rings. The van der Waals surface area contributed by atoms with Crippen molar-refractivity contribution in [3.05, 3.63) is 63.3 Å². The summed E-state index contributed by atoms with van der Waals surface area (Å²) in [6, 6.07) is 11.6. The Morgan fingerprint density at radius 3 is 2.57 bits per heavy atom. The molecule has 0 saturated carbocycles. The molecule has 2 aromatic rings. The summed E-state index contributed by atoms with van der Waals surface area (Å²) in [5.41, 5.74) is 1.57. The highest BCUT2D eigenvalue weighted by atomic mass is 79.9. The van der Waals surface area contributed by atoms with Crippen LogP contribution in [0.2, 0.25) is 5.02 Å². The van der Waals surface area contributed by atoms with E-state index in [9.17, 15) is 9.18 Å². The first-order valence-electron chi connectivity index (χ1n) is 6.29. The van der Waals surface area contributed by atoms with Gasteiger partial charge in [-0.3, -0.25) is 0 Å². The zero-order valence-electron chi connectivity index (χ0n) is 11.0. The molecule has 2 N–H and O–H groups in total. The Labute approximate surface area is 135 Å². The average molecular weight is 372 g/mol. The van der Waals surface area contributed by atoms with Crippen molar-refractivity contribution in [3.63, 3.8) is 0 Å². The average Bonchev–Trinajstić information content (AvgIpc) is 2.45. The van der Waals surface area contributed by atoms with Gasteiger partial charge in [0.2, 0.25) is 0 Å². The lowest BCUT2D eigenvalue weighted by Crippen LogP contribution is -2.30. The molecule has 0 aliphatic heterocycles. The molecular formula is C15H13BrClFN2O. The highest BCUT2D eigenvalue weighted by molar-refractivity contribution is 9.10. The molecule has 0 aliphatic carbocycles. The third-order valence-corrected chi connectivity index (χ3v) is 3.61. The number of nitrogens with one attached hydrogen (secondary N) is 2. The smallest absolute Gasteiger partial charge is 0.319 e. The molecule has 0 aromatic heterocycles. The van der Waals surface area contributed by atoms with Gasteiger partial charge in [0.1, 0.15) is 5.82 Å². The van der Waals surface area contributed by atoms with E-state index in [1.54, 1.807) is 0 Å². The molecule has 0 bridgehead atoms. The molecule has 21 heavy (non-hydrogen) atoms. The largest absolute Gasteiger partial charge is 0.338 e. The SMILES string of the molecule is O=C(NCCc1ccc(Br)cc1)Nc1ccc(F)c(Cl)c1. The monoisotopic (exact) mass is 370 g/mol. The number of urea groups is 1. The van der Waals surface area contributed by atoms with Gasteiger partial charge in [-0.25, -0.2) is 9.18 Å². The van der Waals surface area contributed by atoms with Crippen molar-refractivity contribution in [3.8, 4) is 0 Å². The summed E-state index contributed by atoms with van der Waals surface area (Å²) in [4.78, 5) is 11.7. The van der Waals surface area contributed by atoms with Crippen molar-refractivity contribution in [2.24, 2.45) is 0 Å². The number of hydrogen-bond acceptors (Lipinski definition) is 1. The molecule has 3 nitrogen and oxygen atoms in total. The van der Waals surface area contributed by atoms with E-state index < -0.39 is 5.82 Å². The Balaban J connectivity index is 1.79. The second-order valence-corrected chi connectivity index (χ2v) is 5.71. The van der Waals surface area contributed by atoms with Gasteiger partial charge in [-0.2, -0.15) is 0 Å². The van der Waals surface area contributed by atoms with E-state index in [0.29, 0.717) is 12.2 Å². The Hall–Kier alpha value is -1.59. The molecule has 0 heterocycles. The molecule has 0 atom stereocenters. The number of amides is 2.